The molecule has 2 heterocycles. The number of hydrogen-bond donors (Lipinski definition) is 1. The molecule has 0 unspecified atom stereocenters. The Morgan fingerprint density at radius 2 is 1.88 bits per heavy atom. The highest BCUT2D eigenvalue weighted by atomic mass is 35.5. The van der Waals surface area contributed by atoms with Crippen LogP contribution in [0, 0.1) is 6.92 Å². The van der Waals surface area contributed by atoms with Crippen molar-refractivity contribution in [2.75, 3.05) is 24.3 Å². The minimum absolute atomic E-state index is 0.0362. The van der Waals surface area contributed by atoms with E-state index in [1.54, 1.807) is 24.0 Å². The lowest BCUT2D eigenvalue weighted by molar-refractivity contribution is 0.101. The van der Waals surface area contributed by atoms with Crippen molar-refractivity contribution in [2.45, 2.75) is 6.92 Å². The molecular weight excluding hydrogens is 342 g/mol. The zero-order chi connectivity index (χ0) is 18.0. The lowest BCUT2D eigenvalue weighted by Crippen LogP contribution is -2.16. The maximum Gasteiger partial charge on any atom is 0.295 e. The fourth-order valence-corrected chi connectivity index (χ4v) is 2.36. The SMILES string of the molecule is Cc1nc(C(=O)Nc2cnc(N(C)C)nc2)nn1-c1ccccc1Cl. The molecule has 8 nitrogen and oxygen atoms in total. The van der Waals surface area contributed by atoms with Gasteiger partial charge in [0.2, 0.25) is 11.8 Å². The van der Waals surface area contributed by atoms with Crippen LogP contribution < -0.4 is 10.2 Å². The second-order valence-corrected chi connectivity index (χ2v) is 5.87. The number of aryl methyl sites for hydroxylation is 1. The van der Waals surface area contributed by atoms with Crippen LogP contribution in [0.4, 0.5) is 11.6 Å². The van der Waals surface area contributed by atoms with E-state index in [1.807, 2.05) is 26.2 Å². The van der Waals surface area contributed by atoms with Gasteiger partial charge in [-0.2, -0.15) is 0 Å². The first kappa shape index (κ1) is 16.8. The predicted octanol–water partition coefficient (Wildman–Crippen LogP) is 2.34. The van der Waals surface area contributed by atoms with Crippen molar-refractivity contribution in [3.63, 3.8) is 0 Å². The molecule has 0 radical (unpaired) electrons. The molecule has 1 amide bonds. The summed E-state index contributed by atoms with van der Waals surface area (Å²) >= 11 is 6.18. The van der Waals surface area contributed by atoms with Crippen molar-refractivity contribution in [3.05, 3.63) is 53.3 Å². The summed E-state index contributed by atoms with van der Waals surface area (Å²) < 4.78 is 1.53. The number of anilines is 2. The Morgan fingerprint density at radius 3 is 2.52 bits per heavy atom. The van der Waals surface area contributed by atoms with Crippen molar-refractivity contribution in [1.29, 1.82) is 0 Å². The van der Waals surface area contributed by atoms with Gasteiger partial charge in [-0.05, 0) is 19.1 Å². The van der Waals surface area contributed by atoms with E-state index in [2.05, 4.69) is 25.4 Å². The first-order chi connectivity index (χ1) is 12.0. The highest BCUT2D eigenvalue weighted by molar-refractivity contribution is 6.32. The van der Waals surface area contributed by atoms with Gasteiger partial charge in [0.15, 0.2) is 0 Å². The number of benzene rings is 1. The summed E-state index contributed by atoms with van der Waals surface area (Å²) in [6.07, 6.45) is 3.05. The standard InChI is InChI=1S/C16H16ClN7O/c1-10-20-14(22-24(10)13-7-5-4-6-12(13)17)15(25)21-11-8-18-16(19-9-11)23(2)3/h4-9H,1-3H3,(H,21,25). The Labute approximate surface area is 149 Å². The minimum Gasteiger partial charge on any atom is -0.347 e. The van der Waals surface area contributed by atoms with E-state index < -0.39 is 5.91 Å². The van der Waals surface area contributed by atoms with Gasteiger partial charge in [-0.15, -0.1) is 5.10 Å². The number of nitrogens with zero attached hydrogens (tertiary/aromatic N) is 6. The molecule has 0 fully saturated rings. The minimum atomic E-state index is -0.449. The number of para-hydroxylation sites is 1. The molecule has 0 saturated heterocycles. The van der Waals surface area contributed by atoms with Gasteiger partial charge in [-0.1, -0.05) is 23.7 Å². The van der Waals surface area contributed by atoms with Gasteiger partial charge < -0.3 is 10.2 Å². The summed E-state index contributed by atoms with van der Waals surface area (Å²) in [5, 5.41) is 7.44. The summed E-state index contributed by atoms with van der Waals surface area (Å²) in [6, 6.07) is 7.22. The maximum absolute atomic E-state index is 12.4. The molecular formula is C16H16ClN7O. The average Bonchev–Trinajstić information content (AvgIpc) is 2.97. The van der Waals surface area contributed by atoms with Crippen LogP contribution in [0.1, 0.15) is 16.4 Å². The molecule has 128 valence electrons. The average molecular weight is 358 g/mol. The summed E-state index contributed by atoms with van der Waals surface area (Å²) in [5.74, 6) is 0.691. The fourth-order valence-electron chi connectivity index (χ4n) is 2.14. The highest BCUT2D eigenvalue weighted by Gasteiger charge is 2.17. The van der Waals surface area contributed by atoms with Crippen LogP contribution in [0.25, 0.3) is 5.69 Å². The number of carbonyl (C=O) groups excluding carboxylic acids is 1. The first-order valence-electron chi connectivity index (χ1n) is 7.45. The van der Waals surface area contributed by atoms with Crippen molar-refractivity contribution in [3.8, 4) is 5.69 Å². The van der Waals surface area contributed by atoms with Gasteiger partial charge in [-0.25, -0.2) is 19.6 Å². The Balaban J connectivity index is 1.81. The summed E-state index contributed by atoms with van der Waals surface area (Å²) in [5.41, 5.74) is 1.12. The maximum atomic E-state index is 12.4. The molecule has 0 aliphatic rings. The number of amides is 1. The number of rotatable bonds is 4. The molecule has 25 heavy (non-hydrogen) atoms. The molecule has 0 bridgehead atoms. The monoisotopic (exact) mass is 357 g/mol. The van der Waals surface area contributed by atoms with E-state index in [1.165, 1.54) is 17.1 Å². The molecule has 2 aromatic heterocycles. The smallest absolute Gasteiger partial charge is 0.295 e. The van der Waals surface area contributed by atoms with Crippen LogP contribution in [-0.4, -0.2) is 44.7 Å². The predicted molar refractivity (Wildman–Crippen MR) is 95.4 cm³/mol. The van der Waals surface area contributed by atoms with Crippen LogP contribution in [-0.2, 0) is 0 Å². The molecule has 1 aromatic carbocycles. The van der Waals surface area contributed by atoms with E-state index in [4.69, 9.17) is 11.6 Å². The van der Waals surface area contributed by atoms with Gasteiger partial charge in [0.05, 0.1) is 28.8 Å². The molecule has 0 aliphatic carbocycles. The van der Waals surface area contributed by atoms with Gasteiger partial charge in [0.25, 0.3) is 5.91 Å². The number of hydrogen-bond acceptors (Lipinski definition) is 6. The van der Waals surface area contributed by atoms with Gasteiger partial charge >= 0.3 is 0 Å². The normalized spacial score (nSPS) is 10.6. The van der Waals surface area contributed by atoms with E-state index in [-0.39, 0.29) is 5.82 Å². The van der Waals surface area contributed by atoms with Crippen molar-refractivity contribution >= 4 is 29.1 Å². The van der Waals surface area contributed by atoms with Crippen molar-refractivity contribution in [1.82, 2.24) is 24.7 Å². The van der Waals surface area contributed by atoms with Gasteiger partial charge in [-0.3, -0.25) is 4.79 Å². The largest absolute Gasteiger partial charge is 0.347 e. The molecule has 3 aromatic rings. The van der Waals surface area contributed by atoms with E-state index in [0.29, 0.717) is 28.2 Å². The fraction of sp³-hybridized carbons (Fsp3) is 0.188. The molecule has 0 spiro atoms. The molecule has 0 saturated carbocycles. The Bertz CT molecular complexity index is 905. The molecule has 9 heteroatoms. The van der Waals surface area contributed by atoms with E-state index in [0.717, 1.165) is 0 Å². The van der Waals surface area contributed by atoms with Crippen LogP contribution in [0.2, 0.25) is 5.02 Å². The zero-order valence-electron chi connectivity index (χ0n) is 13.9. The summed E-state index contributed by atoms with van der Waals surface area (Å²) in [4.78, 5) is 26.6. The van der Waals surface area contributed by atoms with Gasteiger partial charge in [0, 0.05) is 14.1 Å². The number of carbonyl (C=O) groups is 1. The molecule has 3 rings (SSSR count). The Kier molecular flexibility index (Phi) is 4.62. The topological polar surface area (TPSA) is 88.8 Å². The third-order valence-corrected chi connectivity index (χ3v) is 3.67. The second-order valence-electron chi connectivity index (χ2n) is 5.47. The van der Waals surface area contributed by atoms with Crippen LogP contribution in [0.5, 0.6) is 0 Å². The lowest BCUT2D eigenvalue weighted by Gasteiger charge is -2.09. The number of nitrogens with one attached hydrogen (secondary N) is 1. The van der Waals surface area contributed by atoms with E-state index in [9.17, 15) is 4.79 Å². The lowest BCUT2D eigenvalue weighted by atomic mass is 10.3. The third kappa shape index (κ3) is 3.58. The van der Waals surface area contributed by atoms with Crippen LogP contribution >= 0.6 is 11.6 Å². The quantitative estimate of drug-likeness (QED) is 0.771. The molecule has 0 atom stereocenters. The van der Waals surface area contributed by atoms with Crippen molar-refractivity contribution in [2.24, 2.45) is 0 Å². The molecule has 1 N–H and O–H groups in total. The van der Waals surface area contributed by atoms with Crippen LogP contribution in [0.15, 0.2) is 36.7 Å². The van der Waals surface area contributed by atoms with Crippen molar-refractivity contribution < 1.29 is 4.79 Å². The first-order valence-corrected chi connectivity index (χ1v) is 7.83. The third-order valence-electron chi connectivity index (χ3n) is 3.35. The second kappa shape index (κ2) is 6.86. The number of halogens is 1. The highest BCUT2D eigenvalue weighted by Crippen LogP contribution is 2.20. The van der Waals surface area contributed by atoms with Gasteiger partial charge in [0.1, 0.15) is 5.82 Å². The van der Waals surface area contributed by atoms with Crippen LogP contribution in [0.3, 0.4) is 0 Å². The van der Waals surface area contributed by atoms with E-state index >= 15 is 0 Å². The molecule has 0 aliphatic heterocycles. The Morgan fingerprint density at radius 1 is 1.20 bits per heavy atom. The summed E-state index contributed by atoms with van der Waals surface area (Å²) in [6.45, 7) is 1.75. The zero-order valence-corrected chi connectivity index (χ0v) is 14.7. The number of aromatic nitrogens is 5. The Hall–Kier alpha value is -3.00. The summed E-state index contributed by atoms with van der Waals surface area (Å²) in [7, 11) is 3.67.